The maximum Gasteiger partial charge on any atom is 0.254 e. The van der Waals surface area contributed by atoms with Gasteiger partial charge in [-0.1, -0.05) is 17.7 Å². The molecule has 0 aliphatic carbocycles. The van der Waals surface area contributed by atoms with Gasteiger partial charge in [-0.25, -0.2) is 0 Å². The first-order valence-electron chi connectivity index (χ1n) is 9.60. The van der Waals surface area contributed by atoms with Crippen LogP contribution in [0.5, 0.6) is 11.5 Å². The number of carbonyl (C=O) groups is 2. The molecular weight excluding hydrogens is 368 g/mol. The van der Waals surface area contributed by atoms with E-state index in [9.17, 15) is 9.59 Å². The second-order valence-electron chi connectivity index (χ2n) is 7.52. The summed E-state index contributed by atoms with van der Waals surface area (Å²) in [4.78, 5) is 26.6. The fourth-order valence-corrected chi connectivity index (χ4v) is 3.22. The van der Waals surface area contributed by atoms with Crippen molar-refractivity contribution in [3.8, 4) is 11.5 Å². The van der Waals surface area contributed by atoms with Gasteiger partial charge in [0.2, 0.25) is 5.91 Å². The van der Waals surface area contributed by atoms with Gasteiger partial charge >= 0.3 is 0 Å². The SMILES string of the molecule is COc1cc(C(=O)N(C)CC(=O)Nc2c(C)cc(C)cc2C)ccc1OC(C)C. The lowest BCUT2D eigenvalue weighted by Crippen LogP contribution is -2.35. The number of likely N-dealkylation sites (N-methyl/N-ethyl adjacent to an activating group) is 1. The largest absolute Gasteiger partial charge is 0.493 e. The molecule has 6 nitrogen and oxygen atoms in total. The summed E-state index contributed by atoms with van der Waals surface area (Å²) in [6, 6.07) is 9.04. The number of rotatable bonds is 7. The summed E-state index contributed by atoms with van der Waals surface area (Å²) < 4.78 is 11.0. The van der Waals surface area contributed by atoms with E-state index in [4.69, 9.17) is 9.47 Å². The monoisotopic (exact) mass is 398 g/mol. The van der Waals surface area contributed by atoms with Crippen LogP contribution in [0.25, 0.3) is 0 Å². The van der Waals surface area contributed by atoms with Gasteiger partial charge < -0.3 is 19.7 Å². The summed E-state index contributed by atoms with van der Waals surface area (Å²) in [7, 11) is 3.13. The molecule has 156 valence electrons. The van der Waals surface area contributed by atoms with E-state index >= 15 is 0 Å². The van der Waals surface area contributed by atoms with Crippen LogP contribution in [0.1, 0.15) is 40.9 Å². The Kier molecular flexibility index (Phi) is 7.26. The fraction of sp³-hybridized carbons (Fsp3) is 0.391. The molecule has 0 unspecified atom stereocenters. The predicted octanol–water partition coefficient (Wildman–Crippen LogP) is 4.12. The standard InChI is InChI=1S/C23H30N2O4/c1-14(2)29-19-9-8-18(12-20(19)28-7)23(27)25(6)13-21(26)24-22-16(4)10-15(3)11-17(22)5/h8-12,14H,13H2,1-7H3,(H,24,26). The van der Waals surface area contributed by atoms with Crippen LogP contribution in [0, 0.1) is 20.8 Å². The van der Waals surface area contributed by atoms with E-state index in [1.165, 1.54) is 12.0 Å². The quantitative estimate of drug-likeness (QED) is 0.762. The van der Waals surface area contributed by atoms with E-state index in [1.54, 1.807) is 25.2 Å². The predicted molar refractivity (Wildman–Crippen MR) is 115 cm³/mol. The Labute approximate surface area is 172 Å². The van der Waals surface area contributed by atoms with E-state index in [0.717, 1.165) is 22.4 Å². The zero-order valence-electron chi connectivity index (χ0n) is 18.3. The van der Waals surface area contributed by atoms with E-state index in [-0.39, 0.29) is 24.5 Å². The van der Waals surface area contributed by atoms with Crippen molar-refractivity contribution in [3.05, 3.63) is 52.6 Å². The lowest BCUT2D eigenvalue weighted by atomic mass is 10.1. The van der Waals surface area contributed by atoms with E-state index in [1.807, 2.05) is 46.8 Å². The minimum atomic E-state index is -0.271. The molecular formula is C23H30N2O4. The first-order chi connectivity index (χ1) is 13.6. The highest BCUT2D eigenvalue weighted by atomic mass is 16.5. The summed E-state index contributed by atoms with van der Waals surface area (Å²) in [5, 5.41) is 2.92. The van der Waals surface area contributed by atoms with Crippen molar-refractivity contribution < 1.29 is 19.1 Å². The van der Waals surface area contributed by atoms with Crippen LogP contribution in [0.2, 0.25) is 0 Å². The molecule has 0 fully saturated rings. The van der Waals surface area contributed by atoms with Crippen LogP contribution < -0.4 is 14.8 Å². The van der Waals surface area contributed by atoms with Crippen molar-refractivity contribution in [3.63, 3.8) is 0 Å². The van der Waals surface area contributed by atoms with Gasteiger partial charge in [-0.3, -0.25) is 9.59 Å². The van der Waals surface area contributed by atoms with Gasteiger partial charge in [-0.15, -0.1) is 0 Å². The minimum Gasteiger partial charge on any atom is -0.493 e. The van der Waals surface area contributed by atoms with Crippen LogP contribution >= 0.6 is 0 Å². The number of amides is 2. The molecule has 0 saturated heterocycles. The zero-order chi connectivity index (χ0) is 21.7. The maximum absolute atomic E-state index is 12.8. The highest BCUT2D eigenvalue weighted by Gasteiger charge is 2.18. The van der Waals surface area contributed by atoms with E-state index in [0.29, 0.717) is 17.1 Å². The number of benzene rings is 2. The van der Waals surface area contributed by atoms with Crippen LogP contribution in [-0.4, -0.2) is 43.5 Å². The number of hydrogen-bond acceptors (Lipinski definition) is 4. The Bertz CT molecular complexity index is 883. The number of nitrogens with one attached hydrogen (secondary N) is 1. The fourth-order valence-electron chi connectivity index (χ4n) is 3.22. The highest BCUT2D eigenvalue weighted by Crippen LogP contribution is 2.29. The van der Waals surface area contributed by atoms with Gasteiger partial charge in [0.1, 0.15) is 0 Å². The van der Waals surface area contributed by atoms with E-state index in [2.05, 4.69) is 5.32 Å². The van der Waals surface area contributed by atoms with Crippen molar-refractivity contribution in [1.29, 1.82) is 0 Å². The van der Waals surface area contributed by atoms with Crippen LogP contribution in [0.4, 0.5) is 5.69 Å². The normalized spacial score (nSPS) is 10.6. The lowest BCUT2D eigenvalue weighted by Gasteiger charge is -2.19. The van der Waals surface area contributed by atoms with Crippen molar-refractivity contribution >= 4 is 17.5 Å². The number of methoxy groups -OCH3 is 1. The lowest BCUT2D eigenvalue weighted by molar-refractivity contribution is -0.116. The van der Waals surface area contributed by atoms with Crippen molar-refractivity contribution in [2.75, 3.05) is 26.0 Å². The molecule has 0 aliphatic heterocycles. The number of hydrogen-bond donors (Lipinski definition) is 1. The smallest absolute Gasteiger partial charge is 0.254 e. The van der Waals surface area contributed by atoms with E-state index < -0.39 is 0 Å². The molecule has 6 heteroatoms. The Hall–Kier alpha value is -3.02. The molecule has 2 amide bonds. The maximum atomic E-state index is 12.8. The average molecular weight is 399 g/mol. The number of ether oxygens (including phenoxy) is 2. The third kappa shape index (κ3) is 5.73. The molecule has 0 bridgehead atoms. The molecule has 0 aliphatic rings. The molecule has 1 N–H and O–H groups in total. The summed E-state index contributed by atoms with van der Waals surface area (Å²) >= 11 is 0. The molecule has 0 aromatic heterocycles. The third-order valence-corrected chi connectivity index (χ3v) is 4.44. The summed E-state index contributed by atoms with van der Waals surface area (Å²) in [6.07, 6.45) is -0.00879. The minimum absolute atomic E-state index is 0.00879. The molecule has 2 rings (SSSR count). The second kappa shape index (κ2) is 9.45. The van der Waals surface area contributed by atoms with Gasteiger partial charge in [0, 0.05) is 18.3 Å². The first kappa shape index (κ1) is 22.3. The topological polar surface area (TPSA) is 67.9 Å². The summed E-state index contributed by atoms with van der Waals surface area (Å²) in [5.74, 6) is 0.535. The number of anilines is 1. The Balaban J connectivity index is 2.09. The summed E-state index contributed by atoms with van der Waals surface area (Å²) in [6.45, 7) is 9.71. The number of aryl methyl sites for hydroxylation is 3. The zero-order valence-corrected chi connectivity index (χ0v) is 18.3. The second-order valence-corrected chi connectivity index (χ2v) is 7.52. The van der Waals surface area contributed by atoms with Crippen molar-refractivity contribution in [2.45, 2.75) is 40.7 Å². The molecule has 0 radical (unpaired) electrons. The molecule has 0 saturated carbocycles. The molecule has 29 heavy (non-hydrogen) atoms. The Morgan fingerprint density at radius 1 is 1.03 bits per heavy atom. The highest BCUT2D eigenvalue weighted by molar-refractivity contribution is 6.00. The Morgan fingerprint density at radius 2 is 1.66 bits per heavy atom. The Morgan fingerprint density at radius 3 is 2.21 bits per heavy atom. The van der Waals surface area contributed by atoms with Crippen molar-refractivity contribution in [2.24, 2.45) is 0 Å². The van der Waals surface area contributed by atoms with Crippen LogP contribution in [0.3, 0.4) is 0 Å². The van der Waals surface area contributed by atoms with Crippen LogP contribution in [0.15, 0.2) is 30.3 Å². The average Bonchev–Trinajstić information content (AvgIpc) is 2.63. The van der Waals surface area contributed by atoms with Gasteiger partial charge in [0.15, 0.2) is 11.5 Å². The van der Waals surface area contributed by atoms with Crippen molar-refractivity contribution in [1.82, 2.24) is 4.90 Å². The van der Waals surface area contributed by atoms with Gasteiger partial charge in [-0.2, -0.15) is 0 Å². The van der Waals surface area contributed by atoms with Gasteiger partial charge in [0.05, 0.1) is 19.8 Å². The van der Waals surface area contributed by atoms with Gasteiger partial charge in [-0.05, 0) is 63.9 Å². The molecule has 0 heterocycles. The molecule has 0 atom stereocenters. The number of carbonyl (C=O) groups excluding carboxylic acids is 2. The molecule has 2 aromatic carbocycles. The van der Waals surface area contributed by atoms with Crippen LogP contribution in [-0.2, 0) is 4.79 Å². The first-order valence-corrected chi connectivity index (χ1v) is 9.60. The third-order valence-electron chi connectivity index (χ3n) is 4.44. The molecule has 2 aromatic rings. The molecule has 0 spiro atoms. The summed E-state index contributed by atoms with van der Waals surface area (Å²) in [5.41, 5.74) is 4.35. The number of nitrogens with zero attached hydrogens (tertiary/aromatic N) is 1. The van der Waals surface area contributed by atoms with Gasteiger partial charge in [0.25, 0.3) is 5.91 Å².